The van der Waals surface area contributed by atoms with Gasteiger partial charge >= 0.3 is 5.97 Å². The molecule has 1 heterocycles. The van der Waals surface area contributed by atoms with Crippen molar-refractivity contribution in [2.24, 2.45) is 22.5 Å². The van der Waals surface area contributed by atoms with Gasteiger partial charge in [0.05, 0.1) is 17.8 Å². The van der Waals surface area contributed by atoms with Crippen molar-refractivity contribution < 1.29 is 29.3 Å². The first-order valence-corrected chi connectivity index (χ1v) is 10.3. The number of fused-ring (bicyclic) bond motifs is 3. The van der Waals surface area contributed by atoms with Gasteiger partial charge in [-0.25, -0.2) is 0 Å². The number of hydrogen-bond donors (Lipinski definition) is 3. The largest absolute Gasteiger partial charge is 0.457 e. The number of ether oxygens (including phenoxy) is 2. The molecule has 3 rings (SSSR count). The van der Waals surface area contributed by atoms with Crippen molar-refractivity contribution >= 4 is 11.8 Å². The van der Waals surface area contributed by atoms with Crippen molar-refractivity contribution in [2.75, 3.05) is 0 Å². The molecule has 0 radical (unpaired) electrons. The summed E-state index contributed by atoms with van der Waals surface area (Å²) in [5.41, 5.74) is 1.08. The lowest BCUT2D eigenvalue weighted by molar-refractivity contribution is -0.327. The summed E-state index contributed by atoms with van der Waals surface area (Å²) in [5.74, 6) is -1.47. The third kappa shape index (κ3) is 2.63. The van der Waals surface area contributed by atoms with E-state index in [0.717, 1.165) is 0 Å². The molecule has 8 atom stereocenters. The average molecular weight is 410 g/mol. The molecule has 0 aromatic carbocycles. The van der Waals surface area contributed by atoms with Gasteiger partial charge in [0, 0.05) is 24.7 Å². The first-order chi connectivity index (χ1) is 13.1. The molecule has 0 bridgehead atoms. The van der Waals surface area contributed by atoms with Gasteiger partial charge < -0.3 is 25.4 Å². The topological polar surface area (TPSA) is 119 Å². The number of aliphatic hydroxyl groups is 2. The smallest absolute Gasteiger partial charge is 0.303 e. The predicted molar refractivity (Wildman–Crippen MR) is 107 cm³/mol. The molecule has 0 amide bonds. The fourth-order valence-corrected chi connectivity index (χ4v) is 6.74. The van der Waals surface area contributed by atoms with Gasteiger partial charge in [-0.05, 0) is 32.1 Å². The fourth-order valence-electron chi connectivity index (χ4n) is 6.74. The van der Waals surface area contributed by atoms with Crippen LogP contribution in [0.3, 0.4) is 0 Å². The minimum Gasteiger partial charge on any atom is -0.457 e. The summed E-state index contributed by atoms with van der Waals surface area (Å²) in [6, 6.07) is 0. The standard InChI is InChI=1S/C22H35NO6/c1-8-19(5)11-14(26)22(23)20(6)13(25)9-10-18(3,4)16(20)15(27)17(28-12(2)24)21(22,7)29-19/h8,13,15-17,25,27H,1,9-11,23H2,2-7H3/t13-,15-,16-,17-,19-,20-,21+,22-/m0/s1. The maximum atomic E-state index is 13.7. The van der Waals surface area contributed by atoms with E-state index in [1.54, 1.807) is 20.8 Å². The van der Waals surface area contributed by atoms with E-state index in [1.165, 1.54) is 13.0 Å². The van der Waals surface area contributed by atoms with Gasteiger partial charge in [0.15, 0.2) is 11.9 Å². The van der Waals surface area contributed by atoms with Gasteiger partial charge in [-0.15, -0.1) is 6.58 Å². The second kappa shape index (κ2) is 6.36. The van der Waals surface area contributed by atoms with E-state index in [4.69, 9.17) is 15.2 Å². The third-order valence-electron chi connectivity index (χ3n) is 8.19. The lowest BCUT2D eigenvalue weighted by Gasteiger charge is -2.72. The summed E-state index contributed by atoms with van der Waals surface area (Å²) < 4.78 is 12.0. The maximum absolute atomic E-state index is 13.7. The highest BCUT2D eigenvalue weighted by Crippen LogP contribution is 2.66. The lowest BCUT2D eigenvalue weighted by Crippen LogP contribution is -2.89. The van der Waals surface area contributed by atoms with E-state index < -0.39 is 57.8 Å². The van der Waals surface area contributed by atoms with Crippen molar-refractivity contribution in [2.45, 2.75) is 95.9 Å². The Morgan fingerprint density at radius 3 is 2.38 bits per heavy atom. The van der Waals surface area contributed by atoms with Crippen LogP contribution in [-0.2, 0) is 19.1 Å². The molecule has 3 fully saturated rings. The molecule has 4 N–H and O–H groups in total. The zero-order valence-electron chi connectivity index (χ0n) is 18.3. The first-order valence-electron chi connectivity index (χ1n) is 10.3. The zero-order valence-corrected chi connectivity index (χ0v) is 18.3. The zero-order chi connectivity index (χ0) is 22.2. The second-order valence-corrected chi connectivity index (χ2v) is 10.5. The molecule has 1 aliphatic heterocycles. The number of carbonyl (C=O) groups excluding carboxylic acids is 2. The van der Waals surface area contributed by atoms with Crippen molar-refractivity contribution in [3.8, 4) is 0 Å². The molecular formula is C22H35NO6. The van der Waals surface area contributed by atoms with Crippen LogP contribution in [0.25, 0.3) is 0 Å². The van der Waals surface area contributed by atoms with Crippen molar-refractivity contribution in [3.05, 3.63) is 12.7 Å². The highest BCUT2D eigenvalue weighted by Gasteiger charge is 2.80. The van der Waals surface area contributed by atoms with Crippen LogP contribution in [0.2, 0.25) is 0 Å². The van der Waals surface area contributed by atoms with Gasteiger partial charge in [-0.2, -0.15) is 0 Å². The molecule has 7 nitrogen and oxygen atoms in total. The summed E-state index contributed by atoms with van der Waals surface area (Å²) in [6.45, 7) is 14.1. The third-order valence-corrected chi connectivity index (χ3v) is 8.19. The maximum Gasteiger partial charge on any atom is 0.303 e. The van der Waals surface area contributed by atoms with Crippen molar-refractivity contribution in [3.63, 3.8) is 0 Å². The molecule has 0 aromatic rings. The first kappa shape index (κ1) is 22.4. The van der Waals surface area contributed by atoms with Crippen LogP contribution in [0.15, 0.2) is 12.7 Å². The Bertz CT molecular complexity index is 752. The van der Waals surface area contributed by atoms with Gasteiger partial charge in [0.1, 0.15) is 11.1 Å². The summed E-state index contributed by atoms with van der Waals surface area (Å²) >= 11 is 0. The number of Topliss-reactive ketones (excluding diaryl/α,β-unsaturated/α-hetero) is 1. The van der Waals surface area contributed by atoms with E-state index in [-0.39, 0.29) is 12.2 Å². The highest BCUT2D eigenvalue weighted by atomic mass is 16.6. The van der Waals surface area contributed by atoms with E-state index in [2.05, 4.69) is 6.58 Å². The Kier molecular flexibility index (Phi) is 4.91. The SMILES string of the molecule is C=C[C@@]1(C)CC(=O)[C@]2(N)[C@@]3(C)[C@@H](O)CCC(C)(C)[C@@H]3[C@H](O)[C@H](OC(C)=O)[C@@]2(C)O1. The molecule has 2 saturated carbocycles. The normalized spacial score (nSPS) is 51.6. The van der Waals surface area contributed by atoms with Crippen LogP contribution >= 0.6 is 0 Å². The molecule has 7 heteroatoms. The molecule has 29 heavy (non-hydrogen) atoms. The van der Waals surface area contributed by atoms with E-state index in [1.807, 2.05) is 13.8 Å². The average Bonchev–Trinajstić information content (AvgIpc) is 2.59. The van der Waals surface area contributed by atoms with Gasteiger partial charge in [-0.1, -0.05) is 26.8 Å². The quantitative estimate of drug-likeness (QED) is 0.467. The summed E-state index contributed by atoms with van der Waals surface area (Å²) in [4.78, 5) is 25.7. The molecule has 164 valence electrons. The molecule has 1 saturated heterocycles. The van der Waals surface area contributed by atoms with Crippen LogP contribution in [-0.4, -0.2) is 57.0 Å². The van der Waals surface area contributed by atoms with Crippen LogP contribution < -0.4 is 5.73 Å². The number of aliphatic hydroxyl groups excluding tert-OH is 2. The van der Waals surface area contributed by atoms with Gasteiger partial charge in [0.25, 0.3) is 0 Å². The number of ketones is 1. The Labute approximate surface area is 172 Å². The Morgan fingerprint density at radius 2 is 1.86 bits per heavy atom. The Morgan fingerprint density at radius 1 is 1.28 bits per heavy atom. The number of carbonyl (C=O) groups is 2. The molecule has 0 aromatic heterocycles. The summed E-state index contributed by atoms with van der Waals surface area (Å²) in [5, 5.41) is 22.7. The molecule has 2 aliphatic carbocycles. The van der Waals surface area contributed by atoms with Gasteiger partial charge in [0.2, 0.25) is 0 Å². The lowest BCUT2D eigenvalue weighted by atomic mass is 9.39. The second-order valence-electron chi connectivity index (χ2n) is 10.5. The monoisotopic (exact) mass is 409 g/mol. The van der Waals surface area contributed by atoms with Crippen molar-refractivity contribution in [1.29, 1.82) is 0 Å². The number of nitrogens with two attached hydrogens (primary N) is 1. The fraction of sp³-hybridized carbons (Fsp3) is 0.818. The number of hydrogen-bond acceptors (Lipinski definition) is 7. The Hall–Kier alpha value is -1.28. The number of esters is 1. The minimum atomic E-state index is -1.68. The highest BCUT2D eigenvalue weighted by molar-refractivity contribution is 5.93. The summed E-state index contributed by atoms with van der Waals surface area (Å²) in [6.07, 6.45) is -0.648. The number of rotatable bonds is 2. The van der Waals surface area contributed by atoms with Crippen LogP contribution in [0.4, 0.5) is 0 Å². The van der Waals surface area contributed by atoms with Crippen LogP contribution in [0.1, 0.15) is 60.8 Å². The van der Waals surface area contributed by atoms with Crippen molar-refractivity contribution in [1.82, 2.24) is 0 Å². The van der Waals surface area contributed by atoms with Crippen LogP contribution in [0, 0.1) is 16.7 Å². The molecule has 0 unspecified atom stereocenters. The molecular weight excluding hydrogens is 374 g/mol. The van der Waals surface area contributed by atoms with Gasteiger partial charge in [-0.3, -0.25) is 9.59 Å². The van der Waals surface area contributed by atoms with Crippen LogP contribution in [0.5, 0.6) is 0 Å². The Balaban J connectivity index is 2.33. The predicted octanol–water partition coefficient (Wildman–Crippen LogP) is 1.49. The van der Waals surface area contributed by atoms with E-state index in [0.29, 0.717) is 12.8 Å². The summed E-state index contributed by atoms with van der Waals surface area (Å²) in [7, 11) is 0. The van der Waals surface area contributed by atoms with E-state index in [9.17, 15) is 19.8 Å². The molecule has 3 aliphatic rings. The molecule has 0 spiro atoms. The minimum absolute atomic E-state index is 0.0130. The van der Waals surface area contributed by atoms with E-state index >= 15 is 0 Å².